The number of aromatic amines is 1. The maximum atomic E-state index is 12.6. The summed E-state index contributed by atoms with van der Waals surface area (Å²) in [5, 5.41) is 8.20. The van der Waals surface area contributed by atoms with Gasteiger partial charge in [0, 0.05) is 24.0 Å². The van der Waals surface area contributed by atoms with Crippen LogP contribution >= 0.6 is 0 Å². The highest BCUT2D eigenvalue weighted by Crippen LogP contribution is 2.39. The second-order valence-corrected chi connectivity index (χ2v) is 6.26. The molecule has 0 aliphatic heterocycles. The third kappa shape index (κ3) is 2.52. The molecule has 1 amide bonds. The van der Waals surface area contributed by atoms with Gasteiger partial charge in [-0.25, -0.2) is 0 Å². The second kappa shape index (κ2) is 5.26. The molecule has 1 N–H and O–H groups in total. The van der Waals surface area contributed by atoms with Crippen molar-refractivity contribution >= 4 is 16.9 Å². The van der Waals surface area contributed by atoms with Crippen molar-refractivity contribution in [3.05, 3.63) is 53.5 Å². The largest absolute Gasteiger partial charge is 0.459 e. The molecule has 0 saturated heterocycles. The van der Waals surface area contributed by atoms with E-state index >= 15 is 0 Å². The van der Waals surface area contributed by atoms with E-state index in [-0.39, 0.29) is 11.9 Å². The predicted octanol–water partition coefficient (Wildman–Crippen LogP) is 3.87. The molecule has 118 valence electrons. The lowest BCUT2D eigenvalue weighted by Gasteiger charge is -2.22. The summed E-state index contributed by atoms with van der Waals surface area (Å²) >= 11 is 0. The Labute approximate surface area is 134 Å². The van der Waals surface area contributed by atoms with E-state index in [0.717, 1.165) is 22.4 Å². The lowest BCUT2D eigenvalue weighted by molar-refractivity contribution is 0.0721. The van der Waals surface area contributed by atoms with Crippen molar-refractivity contribution in [2.24, 2.45) is 0 Å². The highest BCUT2D eigenvalue weighted by Gasteiger charge is 2.28. The van der Waals surface area contributed by atoms with E-state index in [2.05, 4.69) is 10.2 Å². The van der Waals surface area contributed by atoms with E-state index < -0.39 is 0 Å². The summed E-state index contributed by atoms with van der Waals surface area (Å²) < 4.78 is 5.87. The van der Waals surface area contributed by atoms with Gasteiger partial charge in [0.15, 0.2) is 0 Å². The number of aromatic nitrogens is 2. The van der Waals surface area contributed by atoms with E-state index in [0.29, 0.717) is 11.6 Å². The molecule has 1 saturated carbocycles. The van der Waals surface area contributed by atoms with Crippen molar-refractivity contribution in [3.8, 4) is 0 Å². The zero-order valence-electron chi connectivity index (χ0n) is 13.2. The van der Waals surface area contributed by atoms with E-state index in [4.69, 9.17) is 4.42 Å². The van der Waals surface area contributed by atoms with E-state index in [1.54, 1.807) is 11.9 Å². The third-order valence-corrected chi connectivity index (χ3v) is 4.59. The standard InChI is InChI=1S/C18H19N3O2/c1-11(17-9-13-5-3-4-6-16(13)23-17)21(2)18(22)15-10-14(19-20-15)12-7-8-12/h3-6,9-12H,7-8H2,1-2H3,(H,19,20). The van der Waals surface area contributed by atoms with Crippen LogP contribution in [0.15, 0.2) is 40.8 Å². The van der Waals surface area contributed by atoms with Gasteiger partial charge >= 0.3 is 0 Å². The zero-order chi connectivity index (χ0) is 16.0. The Balaban J connectivity index is 1.56. The molecule has 5 heteroatoms. The molecule has 5 nitrogen and oxygen atoms in total. The minimum atomic E-state index is -0.157. The predicted molar refractivity (Wildman–Crippen MR) is 87.3 cm³/mol. The number of amides is 1. The maximum Gasteiger partial charge on any atom is 0.274 e. The first-order valence-electron chi connectivity index (χ1n) is 7.94. The van der Waals surface area contributed by atoms with Crippen LogP contribution in [0, 0.1) is 0 Å². The van der Waals surface area contributed by atoms with Crippen LogP contribution in [0.1, 0.15) is 53.7 Å². The van der Waals surface area contributed by atoms with Crippen LogP contribution in [-0.4, -0.2) is 28.1 Å². The Morgan fingerprint density at radius 1 is 1.35 bits per heavy atom. The van der Waals surface area contributed by atoms with Gasteiger partial charge in [-0.2, -0.15) is 5.10 Å². The minimum Gasteiger partial charge on any atom is -0.459 e. The Bertz CT molecular complexity index is 827. The first-order chi connectivity index (χ1) is 11.1. The molecule has 0 spiro atoms. The van der Waals surface area contributed by atoms with Crippen molar-refractivity contribution in [2.75, 3.05) is 7.05 Å². The first-order valence-corrected chi connectivity index (χ1v) is 7.94. The van der Waals surface area contributed by atoms with Crippen molar-refractivity contribution in [2.45, 2.75) is 31.7 Å². The van der Waals surface area contributed by atoms with Crippen LogP contribution in [0.4, 0.5) is 0 Å². The Hall–Kier alpha value is -2.56. The van der Waals surface area contributed by atoms with E-state index in [9.17, 15) is 4.79 Å². The second-order valence-electron chi connectivity index (χ2n) is 6.26. The molecule has 1 unspecified atom stereocenters. The monoisotopic (exact) mass is 309 g/mol. The van der Waals surface area contributed by atoms with Crippen LogP contribution in [0.3, 0.4) is 0 Å². The van der Waals surface area contributed by atoms with Crippen LogP contribution in [-0.2, 0) is 0 Å². The van der Waals surface area contributed by atoms with Crippen molar-refractivity contribution < 1.29 is 9.21 Å². The number of rotatable bonds is 4. The summed E-state index contributed by atoms with van der Waals surface area (Å²) in [6.45, 7) is 1.96. The molecule has 1 aromatic carbocycles. The SMILES string of the molecule is CC(c1cc2ccccc2o1)N(C)C(=O)c1cc(C2CC2)[nH]n1. The molecule has 1 aliphatic rings. The van der Waals surface area contributed by atoms with Gasteiger partial charge in [-0.15, -0.1) is 0 Å². The molecule has 1 aliphatic carbocycles. The van der Waals surface area contributed by atoms with Gasteiger partial charge in [-0.1, -0.05) is 18.2 Å². The van der Waals surface area contributed by atoms with Crippen molar-refractivity contribution in [1.82, 2.24) is 15.1 Å². The average molecular weight is 309 g/mol. The molecule has 4 rings (SSSR count). The Morgan fingerprint density at radius 3 is 2.87 bits per heavy atom. The number of carbonyl (C=O) groups excluding carboxylic acids is 1. The number of benzene rings is 1. The van der Waals surface area contributed by atoms with Gasteiger partial charge in [0.25, 0.3) is 5.91 Å². The van der Waals surface area contributed by atoms with Crippen LogP contribution < -0.4 is 0 Å². The summed E-state index contributed by atoms with van der Waals surface area (Å²) in [6.07, 6.45) is 2.36. The van der Waals surface area contributed by atoms with Gasteiger partial charge < -0.3 is 9.32 Å². The molecule has 0 bridgehead atoms. The lowest BCUT2D eigenvalue weighted by Crippen LogP contribution is -2.29. The quantitative estimate of drug-likeness (QED) is 0.796. The third-order valence-electron chi connectivity index (χ3n) is 4.59. The maximum absolute atomic E-state index is 12.6. The van der Waals surface area contributed by atoms with E-state index in [1.165, 1.54) is 12.8 Å². The number of para-hydroxylation sites is 1. The normalized spacial score (nSPS) is 15.7. The fourth-order valence-corrected chi connectivity index (χ4v) is 2.81. The summed E-state index contributed by atoms with van der Waals surface area (Å²) in [4.78, 5) is 14.3. The number of fused-ring (bicyclic) bond motifs is 1. The number of furan rings is 1. The number of nitrogens with one attached hydrogen (secondary N) is 1. The molecule has 1 fully saturated rings. The average Bonchev–Trinajstić information content (AvgIpc) is 3.14. The van der Waals surface area contributed by atoms with E-state index in [1.807, 2.05) is 43.3 Å². The van der Waals surface area contributed by atoms with Gasteiger partial charge in [0.05, 0.1) is 6.04 Å². The first kappa shape index (κ1) is 14.1. The van der Waals surface area contributed by atoms with Crippen LogP contribution in [0.25, 0.3) is 11.0 Å². The van der Waals surface area contributed by atoms with Crippen molar-refractivity contribution in [3.63, 3.8) is 0 Å². The summed E-state index contributed by atoms with van der Waals surface area (Å²) in [5.74, 6) is 1.24. The lowest BCUT2D eigenvalue weighted by atomic mass is 10.2. The fraction of sp³-hybridized carbons (Fsp3) is 0.333. The van der Waals surface area contributed by atoms with Crippen LogP contribution in [0.2, 0.25) is 0 Å². The summed E-state index contributed by atoms with van der Waals surface area (Å²) in [5.41, 5.74) is 2.38. The van der Waals surface area contributed by atoms with Gasteiger partial charge in [-0.3, -0.25) is 9.89 Å². The summed E-state index contributed by atoms with van der Waals surface area (Å²) in [6, 6.07) is 11.6. The molecular formula is C18H19N3O2. The smallest absolute Gasteiger partial charge is 0.274 e. The fourth-order valence-electron chi connectivity index (χ4n) is 2.81. The summed E-state index contributed by atoms with van der Waals surface area (Å²) in [7, 11) is 1.78. The van der Waals surface area contributed by atoms with Gasteiger partial charge in [-0.05, 0) is 38.0 Å². The topological polar surface area (TPSA) is 62.1 Å². The molecule has 2 aromatic heterocycles. The molecule has 0 radical (unpaired) electrons. The molecule has 23 heavy (non-hydrogen) atoms. The molecule has 1 atom stereocenters. The van der Waals surface area contributed by atoms with Crippen LogP contribution in [0.5, 0.6) is 0 Å². The number of nitrogens with zero attached hydrogens (tertiary/aromatic N) is 2. The molecule has 3 aromatic rings. The molecular weight excluding hydrogens is 290 g/mol. The Morgan fingerprint density at radius 2 is 2.13 bits per heavy atom. The Kier molecular flexibility index (Phi) is 3.22. The number of hydrogen-bond donors (Lipinski definition) is 1. The van der Waals surface area contributed by atoms with Gasteiger partial charge in [0.1, 0.15) is 17.0 Å². The highest BCUT2D eigenvalue weighted by atomic mass is 16.3. The van der Waals surface area contributed by atoms with Crippen molar-refractivity contribution in [1.29, 1.82) is 0 Å². The number of carbonyl (C=O) groups is 1. The van der Waals surface area contributed by atoms with Gasteiger partial charge in [0.2, 0.25) is 0 Å². The number of H-pyrrole nitrogens is 1. The molecule has 2 heterocycles. The highest BCUT2D eigenvalue weighted by molar-refractivity contribution is 5.92. The zero-order valence-corrected chi connectivity index (χ0v) is 13.2. The minimum absolute atomic E-state index is 0.0962. The number of hydrogen-bond acceptors (Lipinski definition) is 3.